The minimum Gasteiger partial charge on any atom is -0.394 e. The fourth-order valence-corrected chi connectivity index (χ4v) is 2.13. The van der Waals surface area contributed by atoms with Crippen molar-refractivity contribution in [2.75, 3.05) is 40.0 Å². The van der Waals surface area contributed by atoms with E-state index in [2.05, 4.69) is 24.2 Å². The van der Waals surface area contributed by atoms with Crippen LogP contribution in [0.25, 0.3) is 0 Å². The topological polar surface area (TPSA) is 44.7 Å². The van der Waals surface area contributed by atoms with Crippen molar-refractivity contribution in [3.63, 3.8) is 0 Å². The zero-order chi connectivity index (χ0) is 13.4. The average Bonchev–Trinajstić information content (AvgIpc) is 3.13. The van der Waals surface area contributed by atoms with Gasteiger partial charge in [0.25, 0.3) is 0 Å². The van der Waals surface area contributed by atoms with E-state index in [-0.39, 0.29) is 12.1 Å². The fraction of sp³-hybridized carbons (Fsp3) is 1.00. The number of likely N-dealkylation sites (N-methyl/N-ethyl adjacent to an activating group) is 1. The molecule has 0 bridgehead atoms. The van der Waals surface area contributed by atoms with Gasteiger partial charge in [0.2, 0.25) is 0 Å². The SMILES string of the molecule is CCOCCN(C)CCCC(C)(CO)NC1CC1. The van der Waals surface area contributed by atoms with Gasteiger partial charge in [-0.15, -0.1) is 0 Å². The number of hydrogen-bond acceptors (Lipinski definition) is 4. The van der Waals surface area contributed by atoms with E-state index in [1.54, 1.807) is 0 Å². The minimum absolute atomic E-state index is 0.0953. The Hall–Kier alpha value is -0.160. The Morgan fingerprint density at radius 2 is 2.11 bits per heavy atom. The maximum absolute atomic E-state index is 9.50. The molecule has 0 aliphatic heterocycles. The van der Waals surface area contributed by atoms with E-state index in [1.807, 2.05) is 6.92 Å². The van der Waals surface area contributed by atoms with Crippen LogP contribution in [-0.2, 0) is 4.74 Å². The van der Waals surface area contributed by atoms with Crippen LogP contribution in [-0.4, -0.2) is 61.5 Å². The van der Waals surface area contributed by atoms with E-state index in [0.717, 1.165) is 39.1 Å². The highest BCUT2D eigenvalue weighted by atomic mass is 16.5. The van der Waals surface area contributed by atoms with Crippen molar-refractivity contribution in [3.05, 3.63) is 0 Å². The third-order valence-electron chi connectivity index (χ3n) is 3.57. The molecule has 4 heteroatoms. The zero-order valence-electron chi connectivity index (χ0n) is 12.2. The number of ether oxygens (including phenoxy) is 1. The van der Waals surface area contributed by atoms with Crippen molar-refractivity contribution in [3.8, 4) is 0 Å². The second-order valence-electron chi connectivity index (χ2n) is 5.74. The van der Waals surface area contributed by atoms with Gasteiger partial charge in [-0.1, -0.05) is 0 Å². The Bertz CT molecular complexity index is 222. The van der Waals surface area contributed by atoms with Gasteiger partial charge in [-0.2, -0.15) is 0 Å². The number of hydrogen-bond donors (Lipinski definition) is 2. The van der Waals surface area contributed by atoms with Crippen LogP contribution in [0.5, 0.6) is 0 Å². The normalized spacial score (nSPS) is 19.2. The van der Waals surface area contributed by atoms with Crippen molar-refractivity contribution < 1.29 is 9.84 Å². The van der Waals surface area contributed by atoms with Crippen LogP contribution in [0.1, 0.15) is 39.5 Å². The third kappa shape index (κ3) is 6.69. The Morgan fingerprint density at radius 1 is 1.39 bits per heavy atom. The lowest BCUT2D eigenvalue weighted by Gasteiger charge is -2.30. The number of nitrogens with zero attached hydrogens (tertiary/aromatic N) is 1. The maximum Gasteiger partial charge on any atom is 0.0610 e. The molecule has 0 radical (unpaired) electrons. The Morgan fingerprint density at radius 3 is 2.67 bits per heavy atom. The van der Waals surface area contributed by atoms with Crippen molar-refractivity contribution in [2.24, 2.45) is 0 Å². The van der Waals surface area contributed by atoms with E-state index in [4.69, 9.17) is 4.74 Å². The second-order valence-corrected chi connectivity index (χ2v) is 5.74. The molecule has 1 fully saturated rings. The van der Waals surface area contributed by atoms with Crippen molar-refractivity contribution in [2.45, 2.75) is 51.1 Å². The Labute approximate surface area is 112 Å². The van der Waals surface area contributed by atoms with E-state index in [0.29, 0.717) is 6.04 Å². The fourth-order valence-electron chi connectivity index (χ4n) is 2.13. The van der Waals surface area contributed by atoms with Gasteiger partial charge in [-0.3, -0.25) is 0 Å². The van der Waals surface area contributed by atoms with Gasteiger partial charge in [0, 0.05) is 24.7 Å². The summed E-state index contributed by atoms with van der Waals surface area (Å²) in [7, 11) is 2.13. The van der Waals surface area contributed by atoms with E-state index in [9.17, 15) is 5.11 Å². The van der Waals surface area contributed by atoms with E-state index in [1.165, 1.54) is 12.8 Å². The van der Waals surface area contributed by atoms with Gasteiger partial charge in [0.15, 0.2) is 0 Å². The molecular formula is C14H30N2O2. The van der Waals surface area contributed by atoms with E-state index < -0.39 is 0 Å². The van der Waals surface area contributed by atoms with Gasteiger partial charge in [-0.05, 0) is 53.1 Å². The smallest absolute Gasteiger partial charge is 0.0610 e. The van der Waals surface area contributed by atoms with E-state index >= 15 is 0 Å². The summed E-state index contributed by atoms with van der Waals surface area (Å²) >= 11 is 0. The van der Waals surface area contributed by atoms with Gasteiger partial charge in [0.05, 0.1) is 13.2 Å². The van der Waals surface area contributed by atoms with Crippen LogP contribution < -0.4 is 5.32 Å². The van der Waals surface area contributed by atoms with Gasteiger partial charge in [-0.25, -0.2) is 0 Å². The maximum atomic E-state index is 9.50. The minimum atomic E-state index is -0.0953. The molecule has 1 saturated carbocycles. The Kier molecular flexibility index (Phi) is 7.15. The first-order valence-corrected chi connectivity index (χ1v) is 7.24. The quantitative estimate of drug-likeness (QED) is 0.547. The molecular weight excluding hydrogens is 228 g/mol. The van der Waals surface area contributed by atoms with Gasteiger partial charge in [0.1, 0.15) is 0 Å². The molecule has 108 valence electrons. The molecule has 1 unspecified atom stereocenters. The molecule has 0 heterocycles. The summed E-state index contributed by atoms with van der Waals surface area (Å²) in [6, 6.07) is 0.651. The molecule has 0 amide bonds. The molecule has 4 nitrogen and oxygen atoms in total. The molecule has 1 atom stereocenters. The summed E-state index contributed by atoms with van der Waals surface area (Å²) in [5.41, 5.74) is -0.0953. The lowest BCUT2D eigenvalue weighted by molar-refractivity contribution is 0.118. The lowest BCUT2D eigenvalue weighted by Crippen LogP contribution is -2.47. The summed E-state index contributed by atoms with van der Waals surface area (Å²) in [5.74, 6) is 0. The first kappa shape index (κ1) is 15.9. The molecule has 0 aromatic rings. The average molecular weight is 258 g/mol. The highest BCUT2D eigenvalue weighted by molar-refractivity contribution is 4.92. The van der Waals surface area contributed by atoms with Gasteiger partial charge < -0.3 is 20.1 Å². The molecule has 0 saturated heterocycles. The van der Waals surface area contributed by atoms with Crippen molar-refractivity contribution in [1.82, 2.24) is 10.2 Å². The van der Waals surface area contributed by atoms with Crippen LogP contribution in [0.4, 0.5) is 0 Å². The van der Waals surface area contributed by atoms with Crippen LogP contribution in [0, 0.1) is 0 Å². The van der Waals surface area contributed by atoms with Crippen LogP contribution in [0.15, 0.2) is 0 Å². The molecule has 1 aliphatic rings. The highest BCUT2D eigenvalue weighted by Gasteiger charge is 2.31. The number of nitrogens with one attached hydrogen (secondary N) is 1. The van der Waals surface area contributed by atoms with Crippen LogP contribution >= 0.6 is 0 Å². The number of rotatable bonds is 11. The molecule has 0 aromatic carbocycles. The monoisotopic (exact) mass is 258 g/mol. The summed E-state index contributed by atoms with van der Waals surface area (Å²) in [6.07, 6.45) is 4.67. The first-order valence-electron chi connectivity index (χ1n) is 7.24. The largest absolute Gasteiger partial charge is 0.394 e. The molecule has 1 rings (SSSR count). The Balaban J connectivity index is 2.09. The van der Waals surface area contributed by atoms with Crippen molar-refractivity contribution in [1.29, 1.82) is 0 Å². The van der Waals surface area contributed by atoms with Crippen LogP contribution in [0.2, 0.25) is 0 Å². The molecule has 18 heavy (non-hydrogen) atoms. The lowest BCUT2D eigenvalue weighted by atomic mass is 9.96. The predicted octanol–water partition coefficient (Wildman–Crippen LogP) is 1.24. The predicted molar refractivity (Wildman–Crippen MR) is 74.9 cm³/mol. The standard InChI is InChI=1S/C14H30N2O2/c1-4-18-11-10-16(3)9-5-8-14(2,12-17)15-13-6-7-13/h13,15,17H,4-12H2,1-3H3. The molecule has 1 aliphatic carbocycles. The highest BCUT2D eigenvalue weighted by Crippen LogP contribution is 2.24. The third-order valence-corrected chi connectivity index (χ3v) is 3.57. The zero-order valence-corrected chi connectivity index (χ0v) is 12.2. The summed E-state index contributed by atoms with van der Waals surface area (Å²) in [6.45, 7) is 8.04. The number of aliphatic hydroxyl groups excluding tert-OH is 1. The van der Waals surface area contributed by atoms with Gasteiger partial charge >= 0.3 is 0 Å². The molecule has 0 aromatic heterocycles. The van der Waals surface area contributed by atoms with Crippen LogP contribution in [0.3, 0.4) is 0 Å². The summed E-state index contributed by atoms with van der Waals surface area (Å²) in [4.78, 5) is 2.30. The second kappa shape index (κ2) is 8.10. The summed E-state index contributed by atoms with van der Waals surface area (Å²) < 4.78 is 5.34. The first-order chi connectivity index (χ1) is 8.59. The molecule has 2 N–H and O–H groups in total. The molecule has 0 spiro atoms. The van der Waals surface area contributed by atoms with Crippen molar-refractivity contribution >= 4 is 0 Å². The summed E-state index contributed by atoms with van der Waals surface area (Å²) in [5, 5.41) is 13.1. The number of aliphatic hydroxyl groups is 1.